The maximum Gasteiger partial charge on any atom is 0.226 e. The van der Waals surface area contributed by atoms with Crippen LogP contribution in [0.25, 0.3) is 11.1 Å². The summed E-state index contributed by atoms with van der Waals surface area (Å²) in [6.07, 6.45) is 8.98. The van der Waals surface area contributed by atoms with Gasteiger partial charge in [0.15, 0.2) is 0 Å². The van der Waals surface area contributed by atoms with Crippen molar-refractivity contribution in [3.05, 3.63) is 54.4 Å². The van der Waals surface area contributed by atoms with Gasteiger partial charge in [-0.05, 0) is 61.8 Å². The van der Waals surface area contributed by atoms with Crippen LogP contribution in [0.4, 0.5) is 0 Å². The second-order valence-electron chi connectivity index (χ2n) is 8.71. The fraction of sp³-hybridized carbons (Fsp3) is 0.480. The smallest absolute Gasteiger partial charge is 0.226 e. The van der Waals surface area contributed by atoms with E-state index in [9.17, 15) is 9.59 Å². The van der Waals surface area contributed by atoms with E-state index in [-0.39, 0.29) is 11.8 Å². The van der Waals surface area contributed by atoms with Crippen LogP contribution in [-0.4, -0.2) is 41.3 Å². The van der Waals surface area contributed by atoms with E-state index >= 15 is 0 Å². The number of hydrogen-bond acceptors (Lipinski definition) is 3. The van der Waals surface area contributed by atoms with Crippen LogP contribution < -0.4 is 5.32 Å². The number of nitrogens with zero attached hydrogens (tertiary/aromatic N) is 2. The second kappa shape index (κ2) is 8.99. The van der Waals surface area contributed by atoms with Gasteiger partial charge in [0.25, 0.3) is 0 Å². The third-order valence-corrected chi connectivity index (χ3v) is 6.77. The van der Waals surface area contributed by atoms with Crippen LogP contribution in [0.1, 0.15) is 44.6 Å². The predicted octanol–water partition coefficient (Wildman–Crippen LogP) is 3.84. The molecule has 5 nitrogen and oxygen atoms in total. The summed E-state index contributed by atoms with van der Waals surface area (Å²) in [6.45, 7) is 3.94. The molecule has 1 N–H and O–H groups in total. The molecule has 2 amide bonds. The van der Waals surface area contributed by atoms with E-state index in [2.05, 4.69) is 40.6 Å². The zero-order valence-electron chi connectivity index (χ0n) is 17.8. The average Bonchev–Trinajstić information content (AvgIpc) is 2.74. The van der Waals surface area contributed by atoms with Crippen molar-refractivity contribution in [2.75, 3.05) is 19.6 Å². The first-order chi connectivity index (χ1) is 14.6. The van der Waals surface area contributed by atoms with Crippen LogP contribution in [-0.2, 0) is 16.0 Å². The number of amides is 2. The largest absolute Gasteiger partial charge is 0.356 e. The first-order valence-corrected chi connectivity index (χ1v) is 11.2. The minimum absolute atomic E-state index is 0.118. The van der Waals surface area contributed by atoms with Crippen LogP contribution in [0.2, 0.25) is 0 Å². The summed E-state index contributed by atoms with van der Waals surface area (Å²) >= 11 is 0. The Morgan fingerprint density at radius 1 is 1.13 bits per heavy atom. The highest BCUT2D eigenvalue weighted by Crippen LogP contribution is 2.38. The summed E-state index contributed by atoms with van der Waals surface area (Å²) in [5.74, 6) is 0.634. The average molecular weight is 406 g/mol. The van der Waals surface area contributed by atoms with Crippen LogP contribution in [0.3, 0.4) is 0 Å². The monoisotopic (exact) mass is 405 g/mol. The van der Waals surface area contributed by atoms with Crippen LogP contribution >= 0.6 is 0 Å². The Labute approximate surface area is 178 Å². The van der Waals surface area contributed by atoms with Crippen LogP contribution in [0.15, 0.2) is 48.8 Å². The third kappa shape index (κ3) is 4.25. The fourth-order valence-electron chi connectivity index (χ4n) is 4.69. The Kier molecular flexibility index (Phi) is 6.16. The lowest BCUT2D eigenvalue weighted by molar-refractivity contribution is -0.144. The summed E-state index contributed by atoms with van der Waals surface area (Å²) in [4.78, 5) is 32.0. The van der Waals surface area contributed by atoms with Crippen molar-refractivity contribution in [1.29, 1.82) is 0 Å². The van der Waals surface area contributed by atoms with Crippen molar-refractivity contribution in [2.45, 2.75) is 45.4 Å². The molecule has 2 aliphatic rings. The number of carbonyl (C=O) groups excluding carboxylic acids is 2. The number of aromatic nitrogens is 1. The number of nitrogens with one attached hydrogen (secondary N) is 1. The molecule has 30 heavy (non-hydrogen) atoms. The van der Waals surface area contributed by atoms with Gasteiger partial charge in [-0.2, -0.15) is 0 Å². The molecule has 1 saturated carbocycles. The molecular formula is C25H31N3O2. The quantitative estimate of drug-likeness (QED) is 0.794. The highest BCUT2D eigenvalue weighted by atomic mass is 16.2. The molecule has 1 aromatic carbocycles. The molecule has 2 heterocycles. The SMILES string of the molecule is CCNC(=O)C1(Cc2cccc(-c3cccnc3)c2)CCN(C(=O)C2CCC2)CC1. The van der Waals surface area contributed by atoms with Crippen molar-refractivity contribution >= 4 is 11.8 Å². The number of rotatable bonds is 6. The zero-order valence-corrected chi connectivity index (χ0v) is 17.8. The molecule has 2 aromatic rings. The topological polar surface area (TPSA) is 62.3 Å². The number of benzene rings is 1. The number of hydrogen-bond donors (Lipinski definition) is 1. The van der Waals surface area contributed by atoms with Gasteiger partial charge in [0.2, 0.25) is 11.8 Å². The fourth-order valence-corrected chi connectivity index (χ4v) is 4.69. The van der Waals surface area contributed by atoms with Crippen LogP contribution in [0.5, 0.6) is 0 Å². The van der Waals surface area contributed by atoms with Gasteiger partial charge in [0.1, 0.15) is 0 Å². The Morgan fingerprint density at radius 2 is 1.90 bits per heavy atom. The highest BCUT2D eigenvalue weighted by Gasteiger charge is 2.43. The maximum atomic E-state index is 13.1. The predicted molar refractivity (Wildman–Crippen MR) is 118 cm³/mol. The number of carbonyl (C=O) groups is 2. The van der Waals surface area contributed by atoms with Gasteiger partial charge in [-0.15, -0.1) is 0 Å². The number of piperidine rings is 1. The molecule has 0 radical (unpaired) electrons. The standard InChI is InChI=1S/C25H31N3O2/c1-2-27-24(30)25(11-14-28(15-12-25)23(29)20-7-4-8-20)17-19-6-3-9-21(16-19)22-10-5-13-26-18-22/h3,5-6,9-10,13,16,18,20H,2,4,7-8,11-12,14-15,17H2,1H3,(H,27,30). The molecule has 4 rings (SSSR count). The van der Waals surface area contributed by atoms with E-state index in [0.717, 1.165) is 29.5 Å². The summed E-state index contributed by atoms with van der Waals surface area (Å²) in [5, 5.41) is 3.06. The molecule has 1 aromatic heterocycles. The van der Waals surface area contributed by atoms with Gasteiger partial charge in [0.05, 0.1) is 5.41 Å². The third-order valence-electron chi connectivity index (χ3n) is 6.77. The Hall–Kier alpha value is -2.69. The molecular weight excluding hydrogens is 374 g/mol. The molecule has 5 heteroatoms. The summed E-state index contributed by atoms with van der Waals surface area (Å²) in [6, 6.07) is 12.4. The van der Waals surface area contributed by atoms with E-state index < -0.39 is 5.41 Å². The van der Waals surface area contributed by atoms with Gasteiger partial charge in [0, 0.05) is 37.9 Å². The minimum Gasteiger partial charge on any atom is -0.356 e. The lowest BCUT2D eigenvalue weighted by Gasteiger charge is -2.42. The first kappa shape index (κ1) is 20.6. The van der Waals surface area contributed by atoms with Gasteiger partial charge in [-0.1, -0.05) is 36.8 Å². The molecule has 0 unspecified atom stereocenters. The summed E-state index contributed by atoms with van der Waals surface area (Å²) in [5.41, 5.74) is 2.89. The molecule has 1 saturated heterocycles. The van der Waals surface area contributed by atoms with Gasteiger partial charge < -0.3 is 10.2 Å². The van der Waals surface area contributed by atoms with E-state index in [1.54, 1.807) is 6.20 Å². The van der Waals surface area contributed by atoms with Crippen molar-refractivity contribution in [2.24, 2.45) is 11.3 Å². The number of likely N-dealkylation sites (tertiary alicyclic amines) is 1. The van der Waals surface area contributed by atoms with Gasteiger partial charge in [-0.3, -0.25) is 14.6 Å². The molecule has 0 atom stereocenters. The molecule has 1 aliphatic carbocycles. The van der Waals surface area contributed by atoms with E-state index in [0.29, 0.717) is 44.8 Å². The van der Waals surface area contributed by atoms with Crippen LogP contribution in [0, 0.1) is 11.3 Å². The van der Waals surface area contributed by atoms with Crippen molar-refractivity contribution < 1.29 is 9.59 Å². The number of pyridine rings is 1. The maximum absolute atomic E-state index is 13.1. The Bertz CT molecular complexity index is 884. The van der Waals surface area contributed by atoms with E-state index in [1.165, 1.54) is 6.42 Å². The van der Waals surface area contributed by atoms with Crippen molar-refractivity contribution in [3.63, 3.8) is 0 Å². The Balaban J connectivity index is 1.52. The lowest BCUT2D eigenvalue weighted by atomic mass is 9.72. The normalized spacial score (nSPS) is 18.5. The van der Waals surface area contributed by atoms with E-state index in [4.69, 9.17) is 0 Å². The second-order valence-corrected chi connectivity index (χ2v) is 8.71. The molecule has 2 fully saturated rings. The molecule has 0 spiro atoms. The Morgan fingerprint density at radius 3 is 2.53 bits per heavy atom. The molecule has 0 bridgehead atoms. The summed E-state index contributed by atoms with van der Waals surface area (Å²) < 4.78 is 0. The van der Waals surface area contributed by atoms with Crippen molar-refractivity contribution in [3.8, 4) is 11.1 Å². The zero-order chi connectivity index (χ0) is 21.0. The first-order valence-electron chi connectivity index (χ1n) is 11.2. The summed E-state index contributed by atoms with van der Waals surface area (Å²) in [7, 11) is 0. The van der Waals surface area contributed by atoms with Gasteiger partial charge in [-0.25, -0.2) is 0 Å². The molecule has 1 aliphatic heterocycles. The lowest BCUT2D eigenvalue weighted by Crippen LogP contribution is -2.52. The van der Waals surface area contributed by atoms with E-state index in [1.807, 2.05) is 24.1 Å². The molecule has 158 valence electrons. The highest BCUT2D eigenvalue weighted by molar-refractivity contribution is 5.84. The minimum atomic E-state index is -0.458. The van der Waals surface area contributed by atoms with Crippen molar-refractivity contribution in [1.82, 2.24) is 15.2 Å². The van der Waals surface area contributed by atoms with Gasteiger partial charge >= 0.3 is 0 Å².